The zero-order chi connectivity index (χ0) is 18.6. The molecule has 0 rings (SSSR count). The molecule has 25 heavy (non-hydrogen) atoms. The summed E-state index contributed by atoms with van der Waals surface area (Å²) >= 11 is 0. The SMILES string of the molecule is CCCCCCCCCCCC(CCCCCCCCC)OC(=O)O. The van der Waals surface area contributed by atoms with E-state index in [0.29, 0.717) is 0 Å². The van der Waals surface area contributed by atoms with Gasteiger partial charge in [0, 0.05) is 0 Å². The molecule has 0 heterocycles. The zero-order valence-electron chi connectivity index (χ0n) is 17.1. The maximum absolute atomic E-state index is 10.9. The summed E-state index contributed by atoms with van der Waals surface area (Å²) in [5.74, 6) is 0. The van der Waals surface area contributed by atoms with E-state index in [1.54, 1.807) is 0 Å². The minimum atomic E-state index is -1.11. The third-order valence-corrected chi connectivity index (χ3v) is 5.03. The van der Waals surface area contributed by atoms with Gasteiger partial charge < -0.3 is 9.84 Å². The van der Waals surface area contributed by atoms with Gasteiger partial charge in [-0.15, -0.1) is 0 Å². The average molecular weight is 357 g/mol. The molecule has 0 fully saturated rings. The summed E-state index contributed by atoms with van der Waals surface area (Å²) < 4.78 is 5.08. The first-order chi connectivity index (χ1) is 12.2. The van der Waals surface area contributed by atoms with Crippen molar-refractivity contribution in [1.29, 1.82) is 0 Å². The van der Waals surface area contributed by atoms with Crippen molar-refractivity contribution < 1.29 is 14.6 Å². The third-order valence-electron chi connectivity index (χ3n) is 5.03. The molecule has 0 aromatic rings. The smallest absolute Gasteiger partial charge is 0.450 e. The number of ether oxygens (including phenoxy) is 1. The topological polar surface area (TPSA) is 46.5 Å². The summed E-state index contributed by atoms with van der Waals surface area (Å²) in [6.45, 7) is 4.49. The van der Waals surface area contributed by atoms with Crippen LogP contribution in [-0.4, -0.2) is 17.4 Å². The van der Waals surface area contributed by atoms with Crippen LogP contribution in [0, 0.1) is 0 Å². The van der Waals surface area contributed by atoms with Crippen molar-refractivity contribution in [3.63, 3.8) is 0 Å². The van der Waals surface area contributed by atoms with Crippen molar-refractivity contribution >= 4 is 6.16 Å². The normalized spacial score (nSPS) is 12.2. The number of carbonyl (C=O) groups is 1. The van der Waals surface area contributed by atoms with Crippen LogP contribution in [0.4, 0.5) is 4.79 Å². The largest absolute Gasteiger partial charge is 0.506 e. The lowest BCUT2D eigenvalue weighted by atomic mass is 10.0. The summed E-state index contributed by atoms with van der Waals surface area (Å²) in [5.41, 5.74) is 0. The molecule has 0 saturated heterocycles. The Bertz CT molecular complexity index is 278. The van der Waals surface area contributed by atoms with E-state index in [0.717, 1.165) is 25.7 Å². The monoisotopic (exact) mass is 356 g/mol. The van der Waals surface area contributed by atoms with E-state index in [2.05, 4.69) is 13.8 Å². The average Bonchev–Trinajstić information content (AvgIpc) is 2.58. The summed E-state index contributed by atoms with van der Waals surface area (Å²) in [5, 5.41) is 8.90. The van der Waals surface area contributed by atoms with Crippen molar-refractivity contribution in [2.24, 2.45) is 0 Å². The second-order valence-electron chi connectivity index (χ2n) is 7.53. The lowest BCUT2D eigenvalue weighted by molar-refractivity contribution is 0.0422. The zero-order valence-corrected chi connectivity index (χ0v) is 17.1. The van der Waals surface area contributed by atoms with Gasteiger partial charge in [-0.25, -0.2) is 4.79 Å². The molecule has 3 heteroatoms. The Morgan fingerprint density at radius 3 is 1.28 bits per heavy atom. The Morgan fingerprint density at radius 1 is 0.640 bits per heavy atom. The molecule has 3 nitrogen and oxygen atoms in total. The van der Waals surface area contributed by atoms with Crippen LogP contribution in [0.1, 0.15) is 129 Å². The molecule has 0 aromatic carbocycles. The number of hydrogen-bond donors (Lipinski definition) is 1. The molecule has 0 aliphatic carbocycles. The van der Waals surface area contributed by atoms with E-state index < -0.39 is 6.16 Å². The standard InChI is InChI=1S/C22H44O3/c1-3-5-7-9-11-12-14-16-18-20-21(25-22(23)24)19-17-15-13-10-8-6-4-2/h21H,3-20H2,1-2H3,(H,23,24). The molecule has 1 unspecified atom stereocenters. The highest BCUT2D eigenvalue weighted by atomic mass is 16.7. The third kappa shape index (κ3) is 19.4. The van der Waals surface area contributed by atoms with E-state index in [-0.39, 0.29) is 6.10 Å². The highest BCUT2D eigenvalue weighted by Crippen LogP contribution is 2.17. The van der Waals surface area contributed by atoms with Gasteiger partial charge in [0.1, 0.15) is 6.10 Å². The fraction of sp³-hybridized carbons (Fsp3) is 0.955. The second-order valence-corrected chi connectivity index (χ2v) is 7.53. The second kappa shape index (κ2) is 19.6. The molecule has 0 spiro atoms. The van der Waals surface area contributed by atoms with Crippen LogP contribution in [-0.2, 0) is 4.74 Å². The van der Waals surface area contributed by atoms with Gasteiger partial charge in [-0.05, 0) is 25.7 Å². The Balaban J connectivity index is 3.59. The van der Waals surface area contributed by atoms with Gasteiger partial charge in [-0.3, -0.25) is 0 Å². The first-order valence-electron chi connectivity index (χ1n) is 11.1. The minimum Gasteiger partial charge on any atom is -0.450 e. The molecule has 0 bridgehead atoms. The predicted molar refractivity (Wildman–Crippen MR) is 107 cm³/mol. The van der Waals surface area contributed by atoms with Gasteiger partial charge >= 0.3 is 6.16 Å². The van der Waals surface area contributed by atoms with Crippen LogP contribution >= 0.6 is 0 Å². The first-order valence-corrected chi connectivity index (χ1v) is 11.1. The van der Waals surface area contributed by atoms with Crippen LogP contribution < -0.4 is 0 Å². The number of rotatable bonds is 19. The highest BCUT2D eigenvalue weighted by Gasteiger charge is 2.13. The van der Waals surface area contributed by atoms with Crippen molar-refractivity contribution in [2.75, 3.05) is 0 Å². The molecular weight excluding hydrogens is 312 g/mol. The quantitative estimate of drug-likeness (QED) is 0.188. The van der Waals surface area contributed by atoms with Gasteiger partial charge in [0.05, 0.1) is 0 Å². The van der Waals surface area contributed by atoms with Gasteiger partial charge in [0.25, 0.3) is 0 Å². The van der Waals surface area contributed by atoms with Crippen LogP contribution in [0.15, 0.2) is 0 Å². The number of unbranched alkanes of at least 4 members (excludes halogenated alkanes) is 14. The van der Waals surface area contributed by atoms with E-state index in [1.165, 1.54) is 89.9 Å². The summed E-state index contributed by atoms with van der Waals surface area (Å²) in [6.07, 6.45) is 21.2. The fourth-order valence-corrected chi connectivity index (χ4v) is 3.42. The van der Waals surface area contributed by atoms with Gasteiger partial charge in [-0.1, -0.05) is 104 Å². The molecule has 0 aromatic heterocycles. The lowest BCUT2D eigenvalue weighted by Gasteiger charge is -2.16. The molecule has 1 N–H and O–H groups in total. The summed E-state index contributed by atoms with van der Waals surface area (Å²) in [4.78, 5) is 10.9. The van der Waals surface area contributed by atoms with Crippen LogP contribution in [0.5, 0.6) is 0 Å². The molecule has 1 atom stereocenters. The van der Waals surface area contributed by atoms with Crippen molar-refractivity contribution in [3.8, 4) is 0 Å². The fourth-order valence-electron chi connectivity index (χ4n) is 3.42. The predicted octanol–water partition coefficient (Wildman–Crippen LogP) is 8.11. The van der Waals surface area contributed by atoms with Crippen molar-refractivity contribution in [1.82, 2.24) is 0 Å². The molecule has 0 saturated carbocycles. The Labute approximate surface area is 156 Å². The van der Waals surface area contributed by atoms with E-state index in [1.807, 2.05) is 0 Å². The van der Waals surface area contributed by atoms with E-state index >= 15 is 0 Å². The molecule has 0 aliphatic heterocycles. The van der Waals surface area contributed by atoms with Gasteiger partial charge in [-0.2, -0.15) is 0 Å². The molecule has 0 amide bonds. The van der Waals surface area contributed by atoms with E-state index in [4.69, 9.17) is 9.84 Å². The van der Waals surface area contributed by atoms with Crippen molar-refractivity contribution in [3.05, 3.63) is 0 Å². The number of carboxylic acid groups (broad SMARTS) is 1. The lowest BCUT2D eigenvalue weighted by Crippen LogP contribution is -2.16. The molecular formula is C22H44O3. The molecule has 150 valence electrons. The summed E-state index contributed by atoms with van der Waals surface area (Å²) in [6, 6.07) is 0. The number of hydrogen-bond acceptors (Lipinski definition) is 2. The van der Waals surface area contributed by atoms with E-state index in [9.17, 15) is 4.79 Å². The first kappa shape index (κ1) is 24.3. The summed E-state index contributed by atoms with van der Waals surface area (Å²) in [7, 11) is 0. The van der Waals surface area contributed by atoms with Crippen molar-refractivity contribution in [2.45, 2.75) is 136 Å². The van der Waals surface area contributed by atoms with Crippen LogP contribution in [0.25, 0.3) is 0 Å². The molecule has 0 aliphatic rings. The Kier molecular flexibility index (Phi) is 19.0. The Hall–Kier alpha value is -0.730. The Morgan fingerprint density at radius 2 is 0.960 bits per heavy atom. The van der Waals surface area contributed by atoms with Crippen LogP contribution in [0.3, 0.4) is 0 Å². The maximum atomic E-state index is 10.9. The minimum absolute atomic E-state index is 0.0855. The van der Waals surface area contributed by atoms with Gasteiger partial charge in [0.15, 0.2) is 0 Å². The highest BCUT2D eigenvalue weighted by molar-refractivity contribution is 5.57. The van der Waals surface area contributed by atoms with Crippen LogP contribution in [0.2, 0.25) is 0 Å². The maximum Gasteiger partial charge on any atom is 0.506 e. The van der Waals surface area contributed by atoms with Gasteiger partial charge in [0.2, 0.25) is 0 Å². The molecule has 0 radical (unpaired) electrons.